The first-order chi connectivity index (χ1) is 26.5. The molecule has 0 bridgehead atoms. The summed E-state index contributed by atoms with van der Waals surface area (Å²) < 4.78 is 2.36. The molecule has 54 heavy (non-hydrogen) atoms. The Labute approximate surface area is 318 Å². The van der Waals surface area contributed by atoms with Crippen molar-refractivity contribution in [3.8, 4) is 39.1 Å². The maximum atomic E-state index is 2.42. The van der Waals surface area contributed by atoms with Crippen molar-refractivity contribution in [1.82, 2.24) is 4.57 Å². The first kappa shape index (κ1) is 33.4. The zero-order valence-electron chi connectivity index (χ0n) is 31.1. The van der Waals surface area contributed by atoms with Gasteiger partial charge in [0.1, 0.15) is 0 Å². The maximum Gasteiger partial charge on any atom is 0.0547 e. The van der Waals surface area contributed by atoms with E-state index in [1.165, 1.54) is 88.7 Å². The highest BCUT2D eigenvalue weighted by molar-refractivity contribution is 6.15. The first-order valence-corrected chi connectivity index (χ1v) is 19.0. The number of fused-ring (bicyclic) bond motifs is 6. The second kappa shape index (κ2) is 13.8. The van der Waals surface area contributed by atoms with Crippen LogP contribution in [0.1, 0.15) is 41.7 Å². The molecule has 0 amide bonds. The van der Waals surface area contributed by atoms with E-state index in [4.69, 9.17) is 0 Å². The van der Waals surface area contributed by atoms with Crippen LogP contribution < -0.4 is 0 Å². The van der Waals surface area contributed by atoms with Crippen molar-refractivity contribution < 1.29 is 0 Å². The van der Waals surface area contributed by atoms with Crippen LogP contribution in [0, 0.1) is 6.92 Å². The summed E-state index contributed by atoms with van der Waals surface area (Å²) in [5.41, 5.74) is 18.5. The van der Waals surface area contributed by atoms with Crippen LogP contribution in [0.4, 0.5) is 0 Å². The number of aromatic nitrogens is 1. The molecular formula is C53H43N. The summed E-state index contributed by atoms with van der Waals surface area (Å²) in [6.45, 7) is 6.82. The average Bonchev–Trinajstić information content (AvgIpc) is 3.68. The average molecular weight is 694 g/mol. The number of para-hydroxylation sites is 2. The molecule has 260 valence electrons. The highest BCUT2D eigenvalue weighted by atomic mass is 15.0. The monoisotopic (exact) mass is 693 g/mol. The fourth-order valence-electron chi connectivity index (χ4n) is 8.39. The molecule has 9 aromatic rings. The zero-order chi connectivity index (χ0) is 36.6. The normalized spacial score (nSPS) is 12.6. The Hall–Kier alpha value is -6.44. The van der Waals surface area contributed by atoms with Crippen molar-refractivity contribution in [3.05, 3.63) is 222 Å². The van der Waals surface area contributed by atoms with Crippen molar-refractivity contribution in [2.75, 3.05) is 0 Å². The van der Waals surface area contributed by atoms with Crippen LogP contribution in [-0.4, -0.2) is 4.57 Å². The Morgan fingerprint density at radius 2 is 1.00 bits per heavy atom. The molecule has 0 saturated carbocycles. The van der Waals surface area contributed by atoms with Crippen molar-refractivity contribution in [2.45, 2.75) is 32.6 Å². The predicted octanol–water partition coefficient (Wildman–Crippen LogP) is 14.0. The van der Waals surface area contributed by atoms with Crippen LogP contribution in [0.5, 0.6) is 0 Å². The van der Waals surface area contributed by atoms with E-state index >= 15 is 0 Å². The van der Waals surface area contributed by atoms with E-state index in [2.05, 4.69) is 219 Å². The molecular weight excluding hydrogens is 651 g/mol. The van der Waals surface area contributed by atoms with Gasteiger partial charge in [-0.15, -0.1) is 0 Å². The second-order valence-corrected chi connectivity index (χ2v) is 15.0. The van der Waals surface area contributed by atoms with Gasteiger partial charge in [0.05, 0.1) is 11.0 Å². The summed E-state index contributed by atoms with van der Waals surface area (Å²) in [6, 6.07) is 70.1. The summed E-state index contributed by atoms with van der Waals surface area (Å²) in [5, 5.41) is 2.61. The van der Waals surface area contributed by atoms with Crippen LogP contribution in [0.15, 0.2) is 194 Å². The molecule has 1 aromatic heterocycles. The van der Waals surface area contributed by atoms with Crippen LogP contribution in [0.3, 0.4) is 0 Å². The minimum atomic E-state index is 0.0686. The van der Waals surface area contributed by atoms with E-state index in [-0.39, 0.29) is 5.41 Å². The van der Waals surface area contributed by atoms with E-state index in [1.54, 1.807) is 0 Å². The Balaban J connectivity index is 0.000000143. The molecule has 1 nitrogen and oxygen atoms in total. The lowest BCUT2D eigenvalue weighted by Crippen LogP contribution is -2.15. The first-order valence-electron chi connectivity index (χ1n) is 19.0. The predicted molar refractivity (Wildman–Crippen MR) is 230 cm³/mol. The van der Waals surface area contributed by atoms with Crippen LogP contribution in [0.2, 0.25) is 0 Å². The standard InChI is InChI=1S/C28H24.C25H19N/c1-28(2)26-11-7-6-10-24(26)25-17-14-21(19-27(25)28)18-20-12-15-23(16-13-20)22-8-4-3-5-9-22;1-18-14-16-19(17-15-18)21-11-7-13-24-25(21)22-10-5-6-12-23(22)26(24)20-8-3-2-4-9-20/h3-17,19H,18H2,1-2H3;2-17H,1H3. The number of hydrogen-bond acceptors (Lipinski definition) is 0. The van der Waals surface area contributed by atoms with Crippen LogP contribution in [0.25, 0.3) is 60.9 Å². The van der Waals surface area contributed by atoms with Crippen LogP contribution >= 0.6 is 0 Å². The van der Waals surface area contributed by atoms with E-state index < -0.39 is 0 Å². The molecule has 0 N–H and O–H groups in total. The summed E-state index contributed by atoms with van der Waals surface area (Å²) in [6.07, 6.45) is 0.967. The molecule has 0 atom stereocenters. The quantitative estimate of drug-likeness (QED) is 0.169. The molecule has 10 rings (SSSR count). The minimum Gasteiger partial charge on any atom is -0.309 e. The molecule has 1 aliphatic rings. The molecule has 1 aliphatic carbocycles. The highest BCUT2D eigenvalue weighted by Crippen LogP contribution is 2.48. The largest absolute Gasteiger partial charge is 0.309 e. The Kier molecular flexibility index (Phi) is 8.56. The third-order valence-electron chi connectivity index (χ3n) is 11.2. The molecule has 0 spiro atoms. The van der Waals surface area contributed by atoms with Crippen molar-refractivity contribution >= 4 is 21.8 Å². The lowest BCUT2D eigenvalue weighted by Gasteiger charge is -2.22. The third kappa shape index (κ3) is 6.02. The maximum absolute atomic E-state index is 2.42. The number of aryl methyl sites for hydroxylation is 1. The Morgan fingerprint density at radius 1 is 0.426 bits per heavy atom. The summed E-state index contributed by atoms with van der Waals surface area (Å²) in [5.74, 6) is 0. The molecule has 8 aromatic carbocycles. The van der Waals surface area contributed by atoms with Gasteiger partial charge in [-0.05, 0) is 93.2 Å². The molecule has 1 heterocycles. The fraction of sp³-hybridized carbons (Fsp3) is 0.0943. The van der Waals surface area contributed by atoms with E-state index in [9.17, 15) is 0 Å². The van der Waals surface area contributed by atoms with Crippen molar-refractivity contribution in [2.24, 2.45) is 0 Å². The van der Waals surface area contributed by atoms with Gasteiger partial charge in [-0.2, -0.15) is 0 Å². The van der Waals surface area contributed by atoms with Gasteiger partial charge in [-0.3, -0.25) is 0 Å². The van der Waals surface area contributed by atoms with Gasteiger partial charge >= 0.3 is 0 Å². The lowest BCUT2D eigenvalue weighted by atomic mass is 9.81. The van der Waals surface area contributed by atoms with Gasteiger partial charge in [0.15, 0.2) is 0 Å². The summed E-state index contributed by atoms with van der Waals surface area (Å²) in [4.78, 5) is 0. The number of benzene rings is 8. The van der Waals surface area contributed by atoms with Gasteiger partial charge in [0.2, 0.25) is 0 Å². The Bertz CT molecular complexity index is 2730. The molecule has 1 heteroatoms. The van der Waals surface area contributed by atoms with Crippen LogP contribution in [-0.2, 0) is 11.8 Å². The number of rotatable bonds is 5. The molecule has 0 aliphatic heterocycles. The molecule has 0 fully saturated rings. The highest BCUT2D eigenvalue weighted by Gasteiger charge is 2.35. The van der Waals surface area contributed by atoms with Gasteiger partial charge in [-0.1, -0.05) is 189 Å². The van der Waals surface area contributed by atoms with Gasteiger partial charge in [0, 0.05) is 21.9 Å². The van der Waals surface area contributed by atoms with E-state index in [0.29, 0.717) is 0 Å². The smallest absolute Gasteiger partial charge is 0.0547 e. The Morgan fingerprint density at radius 3 is 1.78 bits per heavy atom. The van der Waals surface area contributed by atoms with Crippen molar-refractivity contribution in [3.63, 3.8) is 0 Å². The number of nitrogens with zero attached hydrogens (tertiary/aromatic N) is 1. The van der Waals surface area contributed by atoms with Gasteiger partial charge in [0.25, 0.3) is 0 Å². The minimum absolute atomic E-state index is 0.0686. The third-order valence-corrected chi connectivity index (χ3v) is 11.2. The molecule has 0 radical (unpaired) electrons. The fourth-order valence-corrected chi connectivity index (χ4v) is 8.39. The summed E-state index contributed by atoms with van der Waals surface area (Å²) in [7, 11) is 0. The van der Waals surface area contributed by atoms with Crippen molar-refractivity contribution in [1.29, 1.82) is 0 Å². The molecule has 0 saturated heterocycles. The summed E-state index contributed by atoms with van der Waals surface area (Å²) >= 11 is 0. The zero-order valence-corrected chi connectivity index (χ0v) is 31.1. The lowest BCUT2D eigenvalue weighted by molar-refractivity contribution is 0.659. The van der Waals surface area contributed by atoms with E-state index in [1.807, 2.05) is 0 Å². The number of hydrogen-bond donors (Lipinski definition) is 0. The van der Waals surface area contributed by atoms with E-state index in [0.717, 1.165) is 6.42 Å². The second-order valence-electron chi connectivity index (χ2n) is 15.0. The van der Waals surface area contributed by atoms with Gasteiger partial charge in [-0.25, -0.2) is 0 Å². The van der Waals surface area contributed by atoms with Gasteiger partial charge < -0.3 is 4.57 Å². The topological polar surface area (TPSA) is 4.93 Å². The molecule has 0 unspecified atom stereocenters. The SMILES string of the molecule is CC1(C)c2ccccc2-c2ccc(Cc3ccc(-c4ccccc4)cc3)cc21.Cc1ccc(-c2cccc3c2c2ccccc2n3-c2ccccc2)cc1.